The van der Waals surface area contributed by atoms with Crippen LogP contribution in [0.15, 0.2) is 41.0 Å². The summed E-state index contributed by atoms with van der Waals surface area (Å²) in [5.41, 5.74) is 0.764. The Balaban J connectivity index is 1.53. The summed E-state index contributed by atoms with van der Waals surface area (Å²) < 4.78 is 21.4. The molecule has 1 aromatic carbocycles. The minimum atomic E-state index is 0.222. The first kappa shape index (κ1) is 16.0. The molecule has 0 bridgehead atoms. The molecule has 26 heavy (non-hydrogen) atoms. The minimum Gasteiger partial charge on any atom is -0.467 e. The second-order valence-electron chi connectivity index (χ2n) is 5.32. The maximum Gasteiger partial charge on any atom is 0.323 e. The van der Waals surface area contributed by atoms with Gasteiger partial charge in [-0.25, -0.2) is 0 Å². The van der Waals surface area contributed by atoms with Crippen molar-refractivity contribution in [3.8, 4) is 17.5 Å². The molecule has 4 rings (SSSR count). The molecule has 0 radical (unpaired) electrons. The Bertz CT molecular complexity index is 885. The Morgan fingerprint density at radius 1 is 1.08 bits per heavy atom. The van der Waals surface area contributed by atoms with Crippen LogP contribution in [-0.2, 0) is 6.54 Å². The Labute approximate surface area is 149 Å². The lowest BCUT2D eigenvalue weighted by atomic mass is 10.3. The summed E-state index contributed by atoms with van der Waals surface area (Å²) >= 11 is 0. The van der Waals surface area contributed by atoms with E-state index in [0.29, 0.717) is 36.5 Å². The van der Waals surface area contributed by atoms with Crippen molar-refractivity contribution in [2.45, 2.75) is 13.5 Å². The molecule has 0 amide bonds. The first-order valence-corrected chi connectivity index (χ1v) is 8.12. The number of anilines is 3. The predicted molar refractivity (Wildman–Crippen MR) is 92.9 cm³/mol. The second kappa shape index (κ2) is 7.18. The highest BCUT2D eigenvalue weighted by Crippen LogP contribution is 2.34. The van der Waals surface area contributed by atoms with E-state index in [2.05, 4.69) is 25.6 Å². The van der Waals surface area contributed by atoms with E-state index in [1.807, 2.05) is 37.3 Å². The van der Waals surface area contributed by atoms with E-state index in [9.17, 15) is 0 Å². The summed E-state index contributed by atoms with van der Waals surface area (Å²) in [6.07, 6.45) is 1.61. The highest BCUT2D eigenvalue weighted by Gasteiger charge is 2.14. The van der Waals surface area contributed by atoms with Crippen molar-refractivity contribution in [1.29, 1.82) is 0 Å². The molecule has 0 atom stereocenters. The molecule has 0 unspecified atom stereocenters. The van der Waals surface area contributed by atoms with E-state index in [1.54, 1.807) is 6.26 Å². The molecule has 3 heterocycles. The summed E-state index contributed by atoms with van der Waals surface area (Å²) in [5.74, 6) is 2.88. The smallest absolute Gasteiger partial charge is 0.323 e. The lowest BCUT2D eigenvalue weighted by molar-refractivity contribution is 0.174. The van der Waals surface area contributed by atoms with Gasteiger partial charge in [-0.3, -0.25) is 0 Å². The van der Waals surface area contributed by atoms with Gasteiger partial charge in [-0.15, -0.1) is 0 Å². The van der Waals surface area contributed by atoms with Crippen molar-refractivity contribution in [3.05, 3.63) is 42.4 Å². The summed E-state index contributed by atoms with van der Waals surface area (Å²) in [7, 11) is 0. The molecule has 0 saturated heterocycles. The number of aromatic nitrogens is 3. The number of nitrogens with zero attached hydrogens (tertiary/aromatic N) is 3. The summed E-state index contributed by atoms with van der Waals surface area (Å²) in [6.45, 7) is 2.99. The van der Waals surface area contributed by atoms with Gasteiger partial charge in [0, 0.05) is 11.8 Å². The number of rotatable bonds is 7. The monoisotopic (exact) mass is 355 g/mol. The molecule has 134 valence electrons. The Kier molecular flexibility index (Phi) is 4.42. The van der Waals surface area contributed by atoms with Gasteiger partial charge in [0.15, 0.2) is 11.5 Å². The number of nitrogens with one attached hydrogen (secondary N) is 2. The van der Waals surface area contributed by atoms with E-state index in [1.165, 1.54) is 0 Å². The topological polar surface area (TPSA) is 104 Å². The molecule has 0 fully saturated rings. The van der Waals surface area contributed by atoms with E-state index in [4.69, 9.17) is 18.6 Å². The van der Waals surface area contributed by atoms with E-state index < -0.39 is 0 Å². The van der Waals surface area contributed by atoms with Crippen LogP contribution in [0.1, 0.15) is 12.7 Å². The van der Waals surface area contributed by atoms with Crippen molar-refractivity contribution in [2.24, 2.45) is 0 Å². The summed E-state index contributed by atoms with van der Waals surface area (Å²) in [5, 5.41) is 6.22. The van der Waals surface area contributed by atoms with Crippen molar-refractivity contribution < 1.29 is 18.6 Å². The molecule has 9 nitrogen and oxygen atoms in total. The third-order valence-electron chi connectivity index (χ3n) is 3.52. The lowest BCUT2D eigenvalue weighted by Crippen LogP contribution is -2.09. The number of hydrogen-bond donors (Lipinski definition) is 2. The Hall–Kier alpha value is -3.49. The number of benzene rings is 1. The maximum absolute atomic E-state index is 5.43. The van der Waals surface area contributed by atoms with Crippen molar-refractivity contribution in [3.63, 3.8) is 0 Å². The number of fused-ring (bicyclic) bond motifs is 1. The van der Waals surface area contributed by atoms with E-state index >= 15 is 0 Å². The van der Waals surface area contributed by atoms with E-state index in [-0.39, 0.29) is 12.8 Å². The normalized spacial score (nSPS) is 12.0. The van der Waals surface area contributed by atoms with Crippen molar-refractivity contribution in [2.75, 3.05) is 24.0 Å². The van der Waals surface area contributed by atoms with Crippen LogP contribution in [0, 0.1) is 0 Å². The SMILES string of the molecule is CCOc1nc(NCc2ccco2)nc(Nc2ccc3c(c2)OCO3)n1. The van der Waals surface area contributed by atoms with Crippen molar-refractivity contribution >= 4 is 17.6 Å². The second-order valence-corrected chi connectivity index (χ2v) is 5.32. The highest BCUT2D eigenvalue weighted by atomic mass is 16.7. The maximum atomic E-state index is 5.43. The lowest BCUT2D eigenvalue weighted by Gasteiger charge is -2.10. The average Bonchev–Trinajstić information content (AvgIpc) is 3.31. The molecule has 2 N–H and O–H groups in total. The summed E-state index contributed by atoms with van der Waals surface area (Å²) in [4.78, 5) is 12.9. The van der Waals surface area contributed by atoms with Crippen LogP contribution in [0.2, 0.25) is 0 Å². The van der Waals surface area contributed by atoms with Crippen LogP contribution < -0.4 is 24.8 Å². The zero-order valence-corrected chi connectivity index (χ0v) is 14.1. The van der Waals surface area contributed by atoms with Crippen molar-refractivity contribution in [1.82, 2.24) is 15.0 Å². The van der Waals surface area contributed by atoms with Crippen LogP contribution in [0.5, 0.6) is 17.5 Å². The Morgan fingerprint density at radius 2 is 1.96 bits per heavy atom. The molecule has 1 aliphatic rings. The fraction of sp³-hybridized carbons (Fsp3) is 0.235. The standard InChI is InChI=1S/C17H17N5O4/c1-2-23-17-21-15(18-9-12-4-3-7-24-12)20-16(22-17)19-11-5-6-13-14(8-11)26-10-25-13/h3-8H,2,9-10H2,1H3,(H2,18,19,20,21,22). The molecule has 0 aliphatic carbocycles. The predicted octanol–water partition coefficient (Wildman–Crippen LogP) is 2.95. The van der Waals surface area contributed by atoms with Gasteiger partial charge in [0.2, 0.25) is 18.7 Å². The van der Waals surface area contributed by atoms with Crippen LogP contribution in [0.25, 0.3) is 0 Å². The zero-order valence-electron chi connectivity index (χ0n) is 14.1. The van der Waals surface area contributed by atoms with E-state index in [0.717, 1.165) is 11.4 Å². The quantitative estimate of drug-likeness (QED) is 0.662. The Morgan fingerprint density at radius 3 is 2.81 bits per heavy atom. The van der Waals surface area contributed by atoms with Crippen LogP contribution in [0.3, 0.4) is 0 Å². The zero-order chi connectivity index (χ0) is 17.8. The van der Waals surface area contributed by atoms with Gasteiger partial charge in [-0.05, 0) is 31.2 Å². The average molecular weight is 355 g/mol. The number of hydrogen-bond acceptors (Lipinski definition) is 9. The fourth-order valence-electron chi connectivity index (χ4n) is 2.37. The van der Waals surface area contributed by atoms with Gasteiger partial charge in [-0.1, -0.05) is 0 Å². The first-order valence-electron chi connectivity index (χ1n) is 8.12. The first-order chi connectivity index (χ1) is 12.8. The molecular formula is C17H17N5O4. The van der Waals surface area contributed by atoms with Gasteiger partial charge in [0.25, 0.3) is 0 Å². The number of ether oxygens (including phenoxy) is 3. The fourth-order valence-corrected chi connectivity index (χ4v) is 2.37. The molecule has 2 aromatic heterocycles. The molecule has 1 aliphatic heterocycles. The highest BCUT2D eigenvalue weighted by molar-refractivity contribution is 5.60. The molecule has 3 aromatic rings. The summed E-state index contributed by atoms with van der Waals surface area (Å²) in [6, 6.07) is 9.42. The van der Waals surface area contributed by atoms with Gasteiger partial charge >= 0.3 is 6.01 Å². The van der Waals surface area contributed by atoms with Crippen LogP contribution in [0.4, 0.5) is 17.6 Å². The molecule has 0 saturated carbocycles. The molecule has 9 heteroatoms. The van der Waals surface area contributed by atoms with Gasteiger partial charge in [0.05, 0.1) is 19.4 Å². The van der Waals surface area contributed by atoms with Gasteiger partial charge in [-0.2, -0.15) is 15.0 Å². The minimum absolute atomic E-state index is 0.222. The molecular weight excluding hydrogens is 338 g/mol. The van der Waals surface area contributed by atoms with Crippen LogP contribution in [-0.4, -0.2) is 28.4 Å². The van der Waals surface area contributed by atoms with Crippen LogP contribution >= 0.6 is 0 Å². The van der Waals surface area contributed by atoms with Gasteiger partial charge in [0.1, 0.15) is 5.76 Å². The third-order valence-corrected chi connectivity index (χ3v) is 3.52. The third kappa shape index (κ3) is 3.61. The van der Waals surface area contributed by atoms with Gasteiger partial charge < -0.3 is 29.3 Å². The largest absolute Gasteiger partial charge is 0.467 e. The number of furan rings is 1. The molecule has 0 spiro atoms.